The molecule has 0 aliphatic rings. The van der Waals surface area contributed by atoms with Crippen LogP contribution in [0.3, 0.4) is 0 Å². The van der Waals surface area contributed by atoms with Crippen LogP contribution in [0.25, 0.3) is 0 Å². The van der Waals surface area contributed by atoms with E-state index in [0.717, 1.165) is 6.07 Å². The average molecular weight is 253 g/mol. The van der Waals surface area contributed by atoms with Crippen LogP contribution in [-0.4, -0.2) is 20.9 Å². The lowest BCUT2D eigenvalue weighted by atomic mass is 10.2. The third-order valence-corrected chi connectivity index (χ3v) is 2.22. The first kappa shape index (κ1) is 12.0. The van der Waals surface area contributed by atoms with Crippen LogP contribution in [0, 0.1) is 11.6 Å². The highest BCUT2D eigenvalue weighted by atomic mass is 19.2. The van der Waals surface area contributed by atoms with Crippen LogP contribution in [0.4, 0.5) is 20.2 Å². The fourth-order valence-corrected chi connectivity index (χ4v) is 1.31. The highest BCUT2D eigenvalue weighted by Gasteiger charge is 2.15. The molecule has 6 nitrogen and oxygen atoms in total. The molecule has 2 aromatic rings. The van der Waals surface area contributed by atoms with E-state index in [1.165, 1.54) is 16.9 Å². The van der Waals surface area contributed by atoms with E-state index < -0.39 is 23.2 Å². The van der Waals surface area contributed by atoms with Crippen LogP contribution in [0.2, 0.25) is 0 Å². The van der Waals surface area contributed by atoms with Crippen LogP contribution < -0.4 is 11.1 Å². The second-order valence-electron chi connectivity index (χ2n) is 3.55. The van der Waals surface area contributed by atoms with Gasteiger partial charge in [-0.1, -0.05) is 5.21 Å². The maximum atomic E-state index is 13.2. The first-order chi connectivity index (χ1) is 8.49. The molecule has 0 fully saturated rings. The lowest BCUT2D eigenvalue weighted by Gasteiger charge is -2.07. The fraction of sp³-hybridized carbons (Fsp3) is 0.100. The van der Waals surface area contributed by atoms with E-state index in [-0.39, 0.29) is 11.4 Å². The maximum Gasteiger partial charge on any atom is 0.277 e. The second-order valence-corrected chi connectivity index (χ2v) is 3.55. The second kappa shape index (κ2) is 4.40. The van der Waals surface area contributed by atoms with Crippen LogP contribution >= 0.6 is 0 Å². The van der Waals surface area contributed by atoms with Crippen LogP contribution in [0.1, 0.15) is 10.5 Å². The van der Waals surface area contributed by atoms with Crippen molar-refractivity contribution in [2.45, 2.75) is 0 Å². The molecule has 8 heteroatoms. The number of amides is 1. The highest BCUT2D eigenvalue weighted by molar-refractivity contribution is 6.04. The van der Waals surface area contributed by atoms with E-state index >= 15 is 0 Å². The van der Waals surface area contributed by atoms with Crippen molar-refractivity contribution in [3.05, 3.63) is 35.7 Å². The summed E-state index contributed by atoms with van der Waals surface area (Å²) in [6, 6.07) is 2.04. The number of hydrogen-bond acceptors (Lipinski definition) is 4. The Bertz CT molecular complexity index is 610. The number of nitrogens with zero attached hydrogens (tertiary/aromatic N) is 3. The molecule has 0 saturated heterocycles. The van der Waals surface area contributed by atoms with E-state index in [1.54, 1.807) is 7.05 Å². The van der Waals surface area contributed by atoms with Gasteiger partial charge in [0.15, 0.2) is 17.3 Å². The molecule has 3 N–H and O–H groups in total. The average Bonchev–Trinajstić information content (AvgIpc) is 2.77. The number of anilines is 2. The van der Waals surface area contributed by atoms with Crippen LogP contribution in [0.15, 0.2) is 18.3 Å². The Morgan fingerprint density at radius 3 is 2.78 bits per heavy atom. The molecule has 0 spiro atoms. The standard InChI is InChI=1S/C10H9F2N5O/c1-17-4-7(15-16-17)10(18)14-6-3-2-5(11)8(12)9(6)13/h2-4H,13H2,1H3,(H,14,18). The molecule has 0 radical (unpaired) electrons. The molecular formula is C10H9F2N5O. The van der Waals surface area contributed by atoms with E-state index in [2.05, 4.69) is 15.6 Å². The summed E-state index contributed by atoms with van der Waals surface area (Å²) < 4.78 is 27.3. The van der Waals surface area contributed by atoms with Gasteiger partial charge < -0.3 is 11.1 Å². The third kappa shape index (κ3) is 2.12. The molecule has 1 aromatic heterocycles. The Morgan fingerprint density at radius 2 is 2.17 bits per heavy atom. The van der Waals surface area contributed by atoms with Crippen molar-refractivity contribution in [3.63, 3.8) is 0 Å². The minimum absolute atomic E-state index is 0.0236. The van der Waals surface area contributed by atoms with Gasteiger partial charge in [0.1, 0.15) is 0 Å². The zero-order valence-electron chi connectivity index (χ0n) is 9.32. The molecule has 18 heavy (non-hydrogen) atoms. The Morgan fingerprint density at radius 1 is 1.44 bits per heavy atom. The summed E-state index contributed by atoms with van der Waals surface area (Å²) in [5, 5.41) is 9.47. The quantitative estimate of drug-likeness (QED) is 0.779. The van der Waals surface area contributed by atoms with Crippen molar-refractivity contribution in [1.82, 2.24) is 15.0 Å². The summed E-state index contributed by atoms with van der Waals surface area (Å²) in [6.45, 7) is 0. The van der Waals surface area contributed by atoms with Crippen molar-refractivity contribution in [2.75, 3.05) is 11.1 Å². The number of nitrogens with one attached hydrogen (secondary N) is 1. The zero-order valence-corrected chi connectivity index (χ0v) is 9.32. The minimum atomic E-state index is -1.20. The van der Waals surface area contributed by atoms with Crippen molar-refractivity contribution < 1.29 is 13.6 Å². The number of rotatable bonds is 2. The van der Waals surface area contributed by atoms with Crippen molar-refractivity contribution in [3.8, 4) is 0 Å². The lowest BCUT2D eigenvalue weighted by Crippen LogP contribution is -2.14. The molecule has 0 aliphatic carbocycles. The van der Waals surface area contributed by atoms with Gasteiger partial charge in [0.05, 0.1) is 17.6 Å². The lowest BCUT2D eigenvalue weighted by molar-refractivity contribution is 0.102. The molecule has 0 unspecified atom stereocenters. The monoisotopic (exact) mass is 253 g/mol. The summed E-state index contributed by atoms with van der Waals surface area (Å²) in [5.41, 5.74) is 4.90. The molecule has 2 rings (SSSR count). The van der Waals surface area contributed by atoms with Crippen LogP contribution in [-0.2, 0) is 7.05 Å². The SMILES string of the molecule is Cn1cc(C(=O)Nc2ccc(F)c(F)c2N)nn1. The number of hydrogen-bond donors (Lipinski definition) is 2. The minimum Gasteiger partial charge on any atom is -0.395 e. The Labute approximate surface area is 100 Å². The van der Waals surface area contributed by atoms with Gasteiger partial charge in [-0.15, -0.1) is 5.10 Å². The smallest absolute Gasteiger partial charge is 0.277 e. The van der Waals surface area contributed by atoms with Gasteiger partial charge in [-0.25, -0.2) is 8.78 Å². The van der Waals surface area contributed by atoms with Gasteiger partial charge >= 0.3 is 0 Å². The molecule has 1 heterocycles. The van der Waals surface area contributed by atoms with Gasteiger partial charge in [0.25, 0.3) is 5.91 Å². The number of benzene rings is 1. The first-order valence-electron chi connectivity index (χ1n) is 4.90. The number of carbonyl (C=O) groups is 1. The number of nitrogens with two attached hydrogens (primary N) is 1. The summed E-state index contributed by atoms with van der Waals surface area (Å²) in [5.74, 6) is -2.89. The topological polar surface area (TPSA) is 85.8 Å². The predicted molar refractivity (Wildman–Crippen MR) is 59.7 cm³/mol. The molecular weight excluding hydrogens is 244 g/mol. The largest absolute Gasteiger partial charge is 0.395 e. The molecule has 0 aliphatic heterocycles. The third-order valence-electron chi connectivity index (χ3n) is 2.22. The van der Waals surface area contributed by atoms with E-state index in [1.807, 2.05) is 0 Å². The Kier molecular flexibility index (Phi) is 2.92. The normalized spacial score (nSPS) is 10.4. The first-order valence-corrected chi connectivity index (χ1v) is 4.90. The molecule has 0 bridgehead atoms. The molecule has 1 amide bonds. The van der Waals surface area contributed by atoms with Gasteiger partial charge in [-0.2, -0.15) is 0 Å². The summed E-state index contributed by atoms with van der Waals surface area (Å²) >= 11 is 0. The zero-order chi connectivity index (χ0) is 13.3. The maximum absolute atomic E-state index is 13.2. The number of carbonyl (C=O) groups excluding carboxylic acids is 1. The van der Waals surface area contributed by atoms with E-state index in [4.69, 9.17) is 5.73 Å². The van der Waals surface area contributed by atoms with E-state index in [0.29, 0.717) is 0 Å². The Hall–Kier alpha value is -2.51. The van der Waals surface area contributed by atoms with Crippen molar-refractivity contribution >= 4 is 17.3 Å². The van der Waals surface area contributed by atoms with Gasteiger partial charge in [-0.05, 0) is 12.1 Å². The molecule has 1 aromatic carbocycles. The van der Waals surface area contributed by atoms with Crippen molar-refractivity contribution in [1.29, 1.82) is 0 Å². The molecule has 94 valence electrons. The Balaban J connectivity index is 2.25. The van der Waals surface area contributed by atoms with Crippen molar-refractivity contribution in [2.24, 2.45) is 7.05 Å². The molecule has 0 saturated carbocycles. The number of nitrogen functional groups attached to an aromatic ring is 1. The predicted octanol–water partition coefficient (Wildman–Crippen LogP) is 0.928. The van der Waals surface area contributed by atoms with E-state index in [9.17, 15) is 13.6 Å². The fourth-order valence-electron chi connectivity index (χ4n) is 1.31. The number of halogens is 2. The van der Waals surface area contributed by atoms with Crippen LogP contribution in [0.5, 0.6) is 0 Å². The highest BCUT2D eigenvalue weighted by Crippen LogP contribution is 2.24. The molecule has 0 atom stereocenters. The van der Waals surface area contributed by atoms with Gasteiger partial charge in [0, 0.05) is 7.05 Å². The summed E-state index contributed by atoms with van der Waals surface area (Å²) in [6.07, 6.45) is 1.38. The summed E-state index contributed by atoms with van der Waals surface area (Å²) in [4.78, 5) is 11.7. The summed E-state index contributed by atoms with van der Waals surface area (Å²) in [7, 11) is 1.59. The van der Waals surface area contributed by atoms with Gasteiger partial charge in [-0.3, -0.25) is 9.48 Å². The van der Waals surface area contributed by atoms with Gasteiger partial charge in [0.2, 0.25) is 0 Å². The number of aryl methyl sites for hydroxylation is 1. The number of aromatic nitrogens is 3.